The van der Waals surface area contributed by atoms with Crippen molar-refractivity contribution < 1.29 is 4.74 Å². The lowest BCUT2D eigenvalue weighted by Crippen LogP contribution is -2.26. The Balaban J connectivity index is 1.05. The van der Waals surface area contributed by atoms with Crippen LogP contribution in [0.4, 0.5) is 0 Å². The molecule has 0 amide bonds. The van der Waals surface area contributed by atoms with Gasteiger partial charge in [-0.25, -0.2) is 4.99 Å². The third-order valence-corrected chi connectivity index (χ3v) is 8.42. The Kier molecular flexibility index (Phi) is 6.39. The van der Waals surface area contributed by atoms with Crippen LogP contribution >= 0.6 is 11.8 Å². The van der Waals surface area contributed by atoms with Gasteiger partial charge in [-0.15, -0.1) is 10.2 Å². The fourth-order valence-electron chi connectivity index (χ4n) is 5.42. The second-order valence-corrected chi connectivity index (χ2v) is 10.9. The van der Waals surface area contributed by atoms with Gasteiger partial charge in [-0.3, -0.25) is 4.98 Å². The highest BCUT2D eigenvalue weighted by molar-refractivity contribution is 7.99. The van der Waals surface area contributed by atoms with E-state index >= 15 is 0 Å². The van der Waals surface area contributed by atoms with Gasteiger partial charge in [0.2, 0.25) is 0 Å². The molecule has 1 aliphatic carbocycles. The van der Waals surface area contributed by atoms with Gasteiger partial charge in [0.05, 0.1) is 5.52 Å². The molecule has 8 heteroatoms. The number of ether oxygens (including phenoxy) is 1. The number of aryl methyl sites for hydroxylation is 1. The monoisotopic (exact) mass is 500 g/mol. The summed E-state index contributed by atoms with van der Waals surface area (Å²) < 4.78 is 7.97. The maximum atomic E-state index is 5.87. The van der Waals surface area contributed by atoms with E-state index in [1.54, 1.807) is 11.8 Å². The molecule has 1 saturated heterocycles. The molecule has 3 aliphatic rings. The van der Waals surface area contributed by atoms with E-state index in [1.165, 1.54) is 11.1 Å². The topological polar surface area (TPSA) is 68.4 Å². The molecule has 7 nitrogen and oxygen atoms in total. The van der Waals surface area contributed by atoms with Crippen molar-refractivity contribution in [2.24, 2.45) is 12.0 Å². The Morgan fingerprint density at radius 2 is 1.86 bits per heavy atom. The number of aliphatic imine (C=N–C) groups is 1. The van der Waals surface area contributed by atoms with Crippen molar-refractivity contribution in [3.63, 3.8) is 0 Å². The maximum absolute atomic E-state index is 5.87. The average Bonchev–Trinajstić information content (AvgIpc) is 3.35. The van der Waals surface area contributed by atoms with Crippen LogP contribution in [0.2, 0.25) is 0 Å². The van der Waals surface area contributed by atoms with Crippen LogP contribution in [0.1, 0.15) is 31.9 Å². The molecular formula is C28H32N6OS. The third-order valence-electron chi connectivity index (χ3n) is 7.32. The number of aromatic nitrogens is 4. The second kappa shape index (κ2) is 9.82. The fraction of sp³-hybridized carbons (Fsp3) is 0.429. The molecule has 0 radical (unpaired) electrons. The van der Waals surface area contributed by atoms with Gasteiger partial charge in [-0.05, 0) is 62.1 Å². The molecule has 1 aromatic carbocycles. The van der Waals surface area contributed by atoms with Crippen LogP contribution in [-0.2, 0) is 11.8 Å². The first-order valence-corrected chi connectivity index (χ1v) is 13.8. The molecule has 2 unspecified atom stereocenters. The molecule has 36 heavy (non-hydrogen) atoms. The Hall–Kier alpha value is -2.97. The molecule has 2 atom stereocenters. The van der Waals surface area contributed by atoms with Crippen molar-refractivity contribution in [2.45, 2.75) is 50.4 Å². The van der Waals surface area contributed by atoms with Crippen molar-refractivity contribution >= 4 is 28.6 Å². The smallest absolute Gasteiger partial charge is 0.191 e. The summed E-state index contributed by atoms with van der Waals surface area (Å²) in [6.45, 7) is 7.29. The molecule has 0 saturated carbocycles. The summed E-state index contributed by atoms with van der Waals surface area (Å²) in [5.74, 6) is 2.73. The fourth-order valence-corrected chi connectivity index (χ4v) is 6.26. The van der Waals surface area contributed by atoms with E-state index in [4.69, 9.17) is 4.74 Å². The average molecular weight is 501 g/mol. The number of hydrogen-bond acceptors (Lipinski definition) is 7. The highest BCUT2D eigenvalue weighted by Crippen LogP contribution is 2.33. The number of benzene rings is 1. The molecule has 6 rings (SSSR count). The zero-order chi connectivity index (χ0) is 24.6. The molecule has 4 heterocycles. The number of hydrogen-bond donors (Lipinski definition) is 0. The molecule has 2 aliphatic heterocycles. The van der Waals surface area contributed by atoms with E-state index in [9.17, 15) is 0 Å². The SMILES string of the molecule is CC1=NC2C=C3CCN(CCCSc4nnc(-c5cccc6nc(C)ccc56)n4C)CCC3=CC2O1. The third kappa shape index (κ3) is 4.60. The summed E-state index contributed by atoms with van der Waals surface area (Å²) in [4.78, 5) is 11.9. The first kappa shape index (κ1) is 23.4. The molecule has 0 bridgehead atoms. The van der Waals surface area contributed by atoms with Gasteiger partial charge >= 0.3 is 0 Å². The van der Waals surface area contributed by atoms with Crippen LogP contribution in [0.3, 0.4) is 0 Å². The number of rotatable bonds is 6. The van der Waals surface area contributed by atoms with Gasteiger partial charge in [-0.1, -0.05) is 36.0 Å². The van der Waals surface area contributed by atoms with E-state index in [1.807, 2.05) is 19.9 Å². The van der Waals surface area contributed by atoms with Crippen LogP contribution in [0.15, 0.2) is 63.8 Å². The van der Waals surface area contributed by atoms with E-state index < -0.39 is 0 Å². The summed E-state index contributed by atoms with van der Waals surface area (Å²) in [7, 11) is 2.06. The Labute approximate surface area is 216 Å². The molecule has 1 fully saturated rings. The lowest BCUT2D eigenvalue weighted by Gasteiger charge is -2.20. The van der Waals surface area contributed by atoms with Crippen molar-refractivity contribution in [3.05, 3.63) is 59.3 Å². The summed E-state index contributed by atoms with van der Waals surface area (Å²) >= 11 is 1.79. The van der Waals surface area contributed by atoms with Gasteiger partial charge in [0.1, 0.15) is 12.1 Å². The van der Waals surface area contributed by atoms with Crippen LogP contribution in [0.5, 0.6) is 0 Å². The van der Waals surface area contributed by atoms with Gasteiger partial charge in [0.15, 0.2) is 16.9 Å². The predicted octanol–water partition coefficient (Wildman–Crippen LogP) is 4.97. The van der Waals surface area contributed by atoms with Crippen molar-refractivity contribution in [1.82, 2.24) is 24.6 Å². The van der Waals surface area contributed by atoms with Crippen molar-refractivity contribution in [3.8, 4) is 11.4 Å². The lowest BCUT2D eigenvalue weighted by molar-refractivity contribution is 0.250. The normalized spacial score (nSPS) is 21.8. The summed E-state index contributed by atoms with van der Waals surface area (Å²) in [6.07, 6.45) is 8.09. The number of likely N-dealkylation sites (tertiary alicyclic amines) is 1. The van der Waals surface area contributed by atoms with Crippen molar-refractivity contribution in [2.75, 3.05) is 25.4 Å². The molecule has 186 valence electrons. The van der Waals surface area contributed by atoms with E-state index in [2.05, 4.69) is 73.1 Å². The van der Waals surface area contributed by atoms with Gasteiger partial charge in [0.25, 0.3) is 0 Å². The van der Waals surface area contributed by atoms with E-state index in [0.717, 1.165) is 83.7 Å². The van der Waals surface area contributed by atoms with Gasteiger partial charge in [0, 0.05) is 49.5 Å². The molecule has 0 spiro atoms. The zero-order valence-electron chi connectivity index (χ0n) is 21.1. The van der Waals surface area contributed by atoms with Crippen LogP contribution in [0.25, 0.3) is 22.3 Å². The number of nitrogens with zero attached hydrogens (tertiary/aromatic N) is 6. The van der Waals surface area contributed by atoms with E-state index in [0.29, 0.717) is 0 Å². The molecule has 3 aromatic rings. The highest BCUT2D eigenvalue weighted by Gasteiger charge is 2.31. The zero-order valence-corrected chi connectivity index (χ0v) is 22.0. The summed E-state index contributed by atoms with van der Waals surface area (Å²) in [5.41, 5.74) is 6.02. The first-order valence-electron chi connectivity index (χ1n) is 12.8. The Bertz CT molecular complexity index is 1390. The standard InChI is InChI=1S/C28H32N6OS/c1-18-8-9-22-23(6-4-7-24(22)29-18)27-31-32-28(33(27)3)36-15-5-12-34-13-10-20-16-25-26(35-19(2)30-25)17-21(20)11-14-34/h4,6-9,16-17,25-26H,5,10-15H2,1-3H3. The number of pyridine rings is 1. The minimum Gasteiger partial charge on any atom is -0.471 e. The summed E-state index contributed by atoms with van der Waals surface area (Å²) in [6, 6.07) is 10.6. The van der Waals surface area contributed by atoms with Crippen LogP contribution in [-0.4, -0.2) is 68.1 Å². The second-order valence-electron chi connectivity index (χ2n) is 9.84. The molecule has 0 N–H and O–H groups in total. The number of fused-ring (bicyclic) bond motifs is 3. The predicted molar refractivity (Wildman–Crippen MR) is 145 cm³/mol. The number of thioether (sulfide) groups is 1. The summed E-state index contributed by atoms with van der Waals surface area (Å²) in [5, 5.41) is 11.1. The first-order chi connectivity index (χ1) is 17.5. The molecule has 2 aromatic heterocycles. The largest absolute Gasteiger partial charge is 0.471 e. The Morgan fingerprint density at radius 1 is 1.03 bits per heavy atom. The van der Waals surface area contributed by atoms with Gasteiger partial charge in [-0.2, -0.15) is 0 Å². The minimum absolute atomic E-state index is 0.109. The van der Waals surface area contributed by atoms with Gasteiger partial charge < -0.3 is 14.2 Å². The highest BCUT2D eigenvalue weighted by atomic mass is 32.2. The van der Waals surface area contributed by atoms with Crippen LogP contribution in [0, 0.1) is 6.92 Å². The quantitative estimate of drug-likeness (QED) is 0.352. The van der Waals surface area contributed by atoms with E-state index in [-0.39, 0.29) is 12.1 Å². The minimum atomic E-state index is 0.109. The van der Waals surface area contributed by atoms with Crippen molar-refractivity contribution in [1.29, 1.82) is 0 Å². The molecular weight excluding hydrogens is 468 g/mol. The maximum Gasteiger partial charge on any atom is 0.191 e. The van der Waals surface area contributed by atoms with Crippen LogP contribution < -0.4 is 0 Å². The lowest BCUT2D eigenvalue weighted by atomic mass is 9.90. The Morgan fingerprint density at radius 3 is 2.72 bits per heavy atom.